The van der Waals surface area contributed by atoms with Crippen molar-refractivity contribution < 1.29 is 4.74 Å². The number of ether oxygens (including phenoxy) is 1. The van der Waals surface area contributed by atoms with E-state index in [0.29, 0.717) is 23.9 Å². The van der Waals surface area contributed by atoms with Gasteiger partial charge in [-0.15, -0.1) is 5.10 Å². The van der Waals surface area contributed by atoms with E-state index in [-0.39, 0.29) is 0 Å². The van der Waals surface area contributed by atoms with Gasteiger partial charge in [-0.25, -0.2) is 19.5 Å². The lowest BCUT2D eigenvalue weighted by molar-refractivity contribution is 0.0346. The van der Waals surface area contributed by atoms with Gasteiger partial charge in [0.05, 0.1) is 17.8 Å². The van der Waals surface area contributed by atoms with E-state index in [9.17, 15) is 0 Å². The second-order valence-corrected chi connectivity index (χ2v) is 7.19. The van der Waals surface area contributed by atoms with E-state index in [4.69, 9.17) is 4.74 Å². The Kier molecular flexibility index (Phi) is 4.40. The molecule has 4 heterocycles. The lowest BCUT2D eigenvalue weighted by Crippen LogP contribution is -2.30. The summed E-state index contributed by atoms with van der Waals surface area (Å²) in [5, 5.41) is 8.13. The molecule has 4 aromatic heterocycles. The van der Waals surface area contributed by atoms with Gasteiger partial charge in [0.1, 0.15) is 0 Å². The molecule has 1 aliphatic rings. The van der Waals surface area contributed by atoms with Crippen molar-refractivity contribution in [1.29, 1.82) is 0 Å². The van der Waals surface area contributed by atoms with Crippen LogP contribution in [0.15, 0.2) is 43.2 Å². The van der Waals surface area contributed by atoms with Gasteiger partial charge in [0.15, 0.2) is 0 Å². The zero-order valence-corrected chi connectivity index (χ0v) is 15.8. The summed E-state index contributed by atoms with van der Waals surface area (Å²) in [7, 11) is 0. The third kappa shape index (κ3) is 3.20. The molecule has 144 valence electrons. The summed E-state index contributed by atoms with van der Waals surface area (Å²) in [5.74, 6) is 1.35. The third-order valence-electron chi connectivity index (χ3n) is 5.38. The first-order chi connectivity index (χ1) is 13.8. The molecule has 4 aromatic rings. The van der Waals surface area contributed by atoms with Crippen LogP contribution in [0, 0.1) is 0 Å². The Balaban J connectivity index is 1.35. The summed E-state index contributed by atoms with van der Waals surface area (Å²) in [6.07, 6.45) is 16.1. The van der Waals surface area contributed by atoms with Crippen LogP contribution >= 0.6 is 0 Å². The highest BCUT2D eigenvalue weighted by molar-refractivity contribution is 5.79. The van der Waals surface area contributed by atoms with Crippen LogP contribution in [0.4, 0.5) is 5.95 Å². The van der Waals surface area contributed by atoms with Gasteiger partial charge < -0.3 is 10.1 Å². The van der Waals surface area contributed by atoms with Crippen LogP contribution in [0.3, 0.4) is 0 Å². The highest BCUT2D eigenvalue weighted by atomic mass is 16.5. The second-order valence-electron chi connectivity index (χ2n) is 7.19. The largest absolute Gasteiger partial charge is 0.379 e. The van der Waals surface area contributed by atoms with Crippen molar-refractivity contribution in [2.24, 2.45) is 0 Å². The molecule has 5 rings (SSSR count). The van der Waals surface area contributed by atoms with Crippen LogP contribution in [0.1, 0.15) is 32.6 Å². The topological polar surface area (TPSA) is 81.6 Å². The zero-order chi connectivity index (χ0) is 18.9. The number of imidazole rings is 1. The van der Waals surface area contributed by atoms with Crippen LogP contribution in [-0.4, -0.2) is 47.7 Å². The molecule has 0 unspecified atom stereocenters. The smallest absolute Gasteiger partial charge is 0.241 e. The molecule has 0 aliphatic heterocycles. The molecule has 0 saturated heterocycles. The molecular formula is C20H23N7O. The van der Waals surface area contributed by atoms with E-state index >= 15 is 0 Å². The van der Waals surface area contributed by atoms with E-state index in [1.54, 1.807) is 6.20 Å². The Hall–Kier alpha value is -3.00. The van der Waals surface area contributed by atoms with Crippen LogP contribution in [0.5, 0.6) is 0 Å². The molecule has 0 atom stereocenters. The summed E-state index contributed by atoms with van der Waals surface area (Å²) >= 11 is 0. The molecule has 8 heteroatoms. The van der Waals surface area contributed by atoms with E-state index in [0.717, 1.165) is 48.9 Å². The molecule has 1 fully saturated rings. The standard InChI is InChI=1S/C20H23N7O/c1-2-28-16-5-3-15(4-6-16)24-19-22-12-18-17(7-9-27(18)25-19)14-11-23-20-21-8-10-26(20)13-14/h7-13,15-16H,2-6H2,1H3,(H,24,25). The SMILES string of the molecule is CCOC1CCC(Nc2ncc3c(-c4cnc5nccn5c4)ccn3n2)CC1. The Bertz CT molecular complexity index is 1090. The molecule has 0 amide bonds. The van der Waals surface area contributed by atoms with Crippen LogP contribution in [-0.2, 0) is 4.74 Å². The Morgan fingerprint density at radius 3 is 2.86 bits per heavy atom. The maximum atomic E-state index is 5.73. The Morgan fingerprint density at radius 2 is 2.00 bits per heavy atom. The zero-order valence-electron chi connectivity index (χ0n) is 15.8. The van der Waals surface area contributed by atoms with Gasteiger partial charge in [0.25, 0.3) is 0 Å². The predicted octanol–water partition coefficient (Wildman–Crippen LogP) is 3.20. The molecule has 0 bridgehead atoms. The van der Waals surface area contributed by atoms with Crippen molar-refractivity contribution in [2.75, 3.05) is 11.9 Å². The molecular weight excluding hydrogens is 354 g/mol. The number of hydrogen-bond donors (Lipinski definition) is 1. The van der Waals surface area contributed by atoms with Gasteiger partial charge in [-0.3, -0.25) is 4.40 Å². The average Bonchev–Trinajstić information content (AvgIpc) is 3.35. The molecule has 0 spiro atoms. The first kappa shape index (κ1) is 17.1. The maximum absolute atomic E-state index is 5.73. The summed E-state index contributed by atoms with van der Waals surface area (Å²) in [4.78, 5) is 13.1. The summed E-state index contributed by atoms with van der Waals surface area (Å²) in [5.41, 5.74) is 3.00. The normalized spacial score (nSPS) is 20.0. The molecule has 28 heavy (non-hydrogen) atoms. The fourth-order valence-corrected chi connectivity index (χ4v) is 3.96. The van der Waals surface area contributed by atoms with E-state index in [2.05, 4.69) is 32.3 Å². The maximum Gasteiger partial charge on any atom is 0.241 e. The number of nitrogens with one attached hydrogen (secondary N) is 1. The van der Waals surface area contributed by atoms with E-state index in [1.807, 2.05) is 46.0 Å². The summed E-state index contributed by atoms with van der Waals surface area (Å²) in [6.45, 7) is 2.85. The number of nitrogens with zero attached hydrogens (tertiary/aromatic N) is 6. The molecule has 1 saturated carbocycles. The fraction of sp³-hybridized carbons (Fsp3) is 0.400. The number of rotatable bonds is 5. The first-order valence-corrected chi connectivity index (χ1v) is 9.82. The van der Waals surface area contributed by atoms with Gasteiger partial charge in [-0.2, -0.15) is 0 Å². The fourth-order valence-electron chi connectivity index (χ4n) is 3.96. The Morgan fingerprint density at radius 1 is 1.11 bits per heavy atom. The minimum Gasteiger partial charge on any atom is -0.379 e. The minimum atomic E-state index is 0.400. The third-order valence-corrected chi connectivity index (χ3v) is 5.38. The van der Waals surface area contributed by atoms with Crippen molar-refractivity contribution in [2.45, 2.75) is 44.8 Å². The molecule has 8 nitrogen and oxygen atoms in total. The highest BCUT2D eigenvalue weighted by Gasteiger charge is 2.22. The molecule has 1 aliphatic carbocycles. The Labute approximate surface area is 162 Å². The lowest BCUT2D eigenvalue weighted by Gasteiger charge is -2.28. The first-order valence-electron chi connectivity index (χ1n) is 9.82. The van der Waals surface area contributed by atoms with Gasteiger partial charge in [0.2, 0.25) is 11.7 Å². The van der Waals surface area contributed by atoms with E-state index < -0.39 is 0 Å². The van der Waals surface area contributed by atoms with E-state index in [1.165, 1.54) is 0 Å². The van der Waals surface area contributed by atoms with Crippen molar-refractivity contribution >= 4 is 17.2 Å². The number of aromatic nitrogens is 6. The summed E-state index contributed by atoms with van der Waals surface area (Å²) in [6, 6.07) is 2.44. The molecule has 1 N–H and O–H groups in total. The van der Waals surface area contributed by atoms with Gasteiger partial charge in [-0.05, 0) is 38.7 Å². The van der Waals surface area contributed by atoms with Crippen molar-refractivity contribution in [1.82, 2.24) is 29.0 Å². The quantitative estimate of drug-likeness (QED) is 0.575. The van der Waals surface area contributed by atoms with Gasteiger partial charge in [-0.1, -0.05) is 0 Å². The monoisotopic (exact) mass is 377 g/mol. The average molecular weight is 377 g/mol. The number of fused-ring (bicyclic) bond motifs is 2. The van der Waals surface area contributed by atoms with Crippen LogP contribution in [0.2, 0.25) is 0 Å². The van der Waals surface area contributed by atoms with Crippen LogP contribution in [0.25, 0.3) is 22.4 Å². The highest BCUT2D eigenvalue weighted by Crippen LogP contribution is 2.26. The van der Waals surface area contributed by atoms with Crippen molar-refractivity contribution in [3.63, 3.8) is 0 Å². The second kappa shape index (κ2) is 7.20. The molecule has 0 radical (unpaired) electrons. The molecule has 0 aromatic carbocycles. The van der Waals surface area contributed by atoms with Gasteiger partial charge in [0, 0.05) is 54.8 Å². The number of anilines is 1. The van der Waals surface area contributed by atoms with Gasteiger partial charge >= 0.3 is 0 Å². The van der Waals surface area contributed by atoms with Crippen molar-refractivity contribution in [3.05, 3.63) is 43.2 Å². The lowest BCUT2D eigenvalue weighted by atomic mass is 9.93. The predicted molar refractivity (Wildman–Crippen MR) is 106 cm³/mol. The van der Waals surface area contributed by atoms with Crippen molar-refractivity contribution in [3.8, 4) is 11.1 Å². The minimum absolute atomic E-state index is 0.400. The summed E-state index contributed by atoms with van der Waals surface area (Å²) < 4.78 is 9.51. The number of hydrogen-bond acceptors (Lipinski definition) is 6. The van der Waals surface area contributed by atoms with Crippen LogP contribution < -0.4 is 5.32 Å².